The van der Waals surface area contributed by atoms with E-state index in [-0.39, 0.29) is 5.54 Å². The zero-order chi connectivity index (χ0) is 7.90. The van der Waals surface area contributed by atoms with Gasteiger partial charge in [0.05, 0.1) is 0 Å². The fourth-order valence-corrected chi connectivity index (χ4v) is 3.07. The molecule has 0 saturated heterocycles. The summed E-state index contributed by atoms with van der Waals surface area (Å²) in [6.45, 7) is 2.32. The van der Waals surface area contributed by atoms with E-state index in [1.54, 1.807) is 0 Å². The molecule has 0 aromatic rings. The van der Waals surface area contributed by atoms with E-state index in [2.05, 4.69) is 6.92 Å². The van der Waals surface area contributed by atoms with Crippen molar-refractivity contribution >= 4 is 0 Å². The van der Waals surface area contributed by atoms with Crippen LogP contribution in [0.3, 0.4) is 0 Å². The second-order valence-electron chi connectivity index (χ2n) is 4.73. The molecule has 0 atom stereocenters. The molecule has 0 radical (unpaired) electrons. The predicted octanol–water partition coefficient (Wildman–Crippen LogP) is 2.30. The van der Waals surface area contributed by atoms with Gasteiger partial charge in [-0.15, -0.1) is 0 Å². The van der Waals surface area contributed by atoms with Crippen molar-refractivity contribution in [2.45, 2.75) is 51.0 Å². The Balaban J connectivity index is 1.93. The van der Waals surface area contributed by atoms with Crippen molar-refractivity contribution in [3.63, 3.8) is 0 Å². The van der Waals surface area contributed by atoms with Gasteiger partial charge in [0.1, 0.15) is 0 Å². The molecular weight excluding hydrogens is 134 g/mol. The summed E-state index contributed by atoms with van der Waals surface area (Å²) in [6.07, 6.45) is 8.25. The van der Waals surface area contributed by atoms with E-state index >= 15 is 0 Å². The van der Waals surface area contributed by atoms with Crippen molar-refractivity contribution in [1.29, 1.82) is 0 Å². The SMILES string of the molecule is CC1CC(N)(C2CCCC2)C1. The molecule has 0 spiro atoms. The van der Waals surface area contributed by atoms with Crippen LogP contribution in [0.25, 0.3) is 0 Å². The Morgan fingerprint density at radius 2 is 1.73 bits per heavy atom. The van der Waals surface area contributed by atoms with Gasteiger partial charge in [-0.25, -0.2) is 0 Å². The lowest BCUT2D eigenvalue weighted by Crippen LogP contribution is -2.55. The Hall–Kier alpha value is -0.0400. The molecule has 0 aromatic carbocycles. The van der Waals surface area contributed by atoms with E-state index in [1.165, 1.54) is 38.5 Å². The molecule has 0 aromatic heterocycles. The van der Waals surface area contributed by atoms with Crippen LogP contribution in [0.2, 0.25) is 0 Å². The van der Waals surface area contributed by atoms with Crippen LogP contribution in [0.15, 0.2) is 0 Å². The molecule has 2 saturated carbocycles. The molecule has 64 valence electrons. The first-order valence-corrected chi connectivity index (χ1v) is 4.99. The Bertz CT molecular complexity index is 141. The fraction of sp³-hybridized carbons (Fsp3) is 1.00. The minimum absolute atomic E-state index is 0.274. The van der Waals surface area contributed by atoms with E-state index in [0.29, 0.717) is 0 Å². The molecule has 0 aliphatic heterocycles. The summed E-state index contributed by atoms with van der Waals surface area (Å²) in [5.74, 6) is 1.78. The molecule has 2 N–H and O–H groups in total. The van der Waals surface area contributed by atoms with Gasteiger partial charge in [-0.05, 0) is 37.5 Å². The first kappa shape index (κ1) is 7.60. The quantitative estimate of drug-likeness (QED) is 0.614. The molecule has 0 unspecified atom stereocenters. The highest BCUT2D eigenvalue weighted by Gasteiger charge is 2.44. The first-order valence-electron chi connectivity index (χ1n) is 4.99. The molecule has 2 rings (SSSR count). The van der Waals surface area contributed by atoms with Gasteiger partial charge >= 0.3 is 0 Å². The molecule has 2 aliphatic carbocycles. The lowest BCUT2D eigenvalue weighted by Gasteiger charge is -2.48. The zero-order valence-electron chi connectivity index (χ0n) is 7.47. The van der Waals surface area contributed by atoms with E-state index in [0.717, 1.165) is 11.8 Å². The van der Waals surface area contributed by atoms with E-state index < -0.39 is 0 Å². The highest BCUT2D eigenvalue weighted by atomic mass is 14.8. The summed E-state index contributed by atoms with van der Waals surface area (Å²) in [6, 6.07) is 0. The van der Waals surface area contributed by atoms with Crippen molar-refractivity contribution in [1.82, 2.24) is 0 Å². The molecule has 1 nitrogen and oxygen atoms in total. The summed E-state index contributed by atoms with van der Waals surface area (Å²) >= 11 is 0. The average Bonchev–Trinajstić information content (AvgIpc) is 2.34. The summed E-state index contributed by atoms with van der Waals surface area (Å²) < 4.78 is 0. The monoisotopic (exact) mass is 153 g/mol. The molecule has 2 fully saturated rings. The van der Waals surface area contributed by atoms with Crippen LogP contribution in [-0.4, -0.2) is 5.54 Å². The maximum atomic E-state index is 6.30. The van der Waals surface area contributed by atoms with Crippen LogP contribution in [0.5, 0.6) is 0 Å². The van der Waals surface area contributed by atoms with E-state index in [9.17, 15) is 0 Å². The van der Waals surface area contributed by atoms with Crippen molar-refractivity contribution in [2.24, 2.45) is 17.6 Å². The van der Waals surface area contributed by atoms with Gasteiger partial charge in [0.15, 0.2) is 0 Å². The van der Waals surface area contributed by atoms with Gasteiger partial charge in [0, 0.05) is 5.54 Å². The number of hydrogen-bond donors (Lipinski definition) is 1. The third kappa shape index (κ3) is 1.20. The molecule has 0 bridgehead atoms. The van der Waals surface area contributed by atoms with Crippen molar-refractivity contribution in [3.05, 3.63) is 0 Å². The average molecular weight is 153 g/mol. The third-order valence-corrected chi connectivity index (χ3v) is 3.63. The lowest BCUT2D eigenvalue weighted by molar-refractivity contribution is 0.0950. The van der Waals surface area contributed by atoms with E-state index in [4.69, 9.17) is 5.73 Å². The van der Waals surface area contributed by atoms with Crippen molar-refractivity contribution in [2.75, 3.05) is 0 Å². The number of nitrogens with two attached hydrogens (primary N) is 1. The molecular formula is C10H19N. The largest absolute Gasteiger partial charge is 0.325 e. The maximum absolute atomic E-state index is 6.30. The molecule has 11 heavy (non-hydrogen) atoms. The van der Waals surface area contributed by atoms with Gasteiger partial charge in [-0.1, -0.05) is 19.8 Å². The van der Waals surface area contributed by atoms with Crippen molar-refractivity contribution < 1.29 is 0 Å². The lowest BCUT2D eigenvalue weighted by atomic mass is 9.63. The summed E-state index contributed by atoms with van der Waals surface area (Å²) in [5, 5.41) is 0. The minimum atomic E-state index is 0.274. The van der Waals surface area contributed by atoms with Gasteiger partial charge < -0.3 is 5.73 Å². The number of hydrogen-bond acceptors (Lipinski definition) is 1. The minimum Gasteiger partial charge on any atom is -0.325 e. The van der Waals surface area contributed by atoms with Crippen LogP contribution in [-0.2, 0) is 0 Å². The zero-order valence-corrected chi connectivity index (χ0v) is 7.47. The van der Waals surface area contributed by atoms with Crippen LogP contribution in [0.4, 0.5) is 0 Å². The first-order chi connectivity index (χ1) is 5.21. The van der Waals surface area contributed by atoms with Gasteiger partial charge in [-0.2, -0.15) is 0 Å². The standard InChI is InChI=1S/C10H19N/c1-8-6-10(11,7-8)9-4-2-3-5-9/h8-9H,2-7,11H2,1H3. The highest BCUT2D eigenvalue weighted by Crippen LogP contribution is 2.46. The summed E-state index contributed by atoms with van der Waals surface area (Å²) in [4.78, 5) is 0. The van der Waals surface area contributed by atoms with Crippen LogP contribution >= 0.6 is 0 Å². The summed E-state index contributed by atoms with van der Waals surface area (Å²) in [5.41, 5.74) is 6.57. The van der Waals surface area contributed by atoms with Crippen LogP contribution in [0, 0.1) is 11.8 Å². The normalized spacial score (nSPS) is 45.8. The Morgan fingerprint density at radius 1 is 1.18 bits per heavy atom. The Morgan fingerprint density at radius 3 is 2.18 bits per heavy atom. The molecule has 0 heterocycles. The maximum Gasteiger partial charge on any atom is 0.0188 e. The Labute approximate surface area is 69.4 Å². The molecule has 1 heteroatoms. The van der Waals surface area contributed by atoms with Crippen LogP contribution in [0.1, 0.15) is 45.4 Å². The van der Waals surface area contributed by atoms with Gasteiger partial charge in [-0.3, -0.25) is 0 Å². The van der Waals surface area contributed by atoms with Crippen molar-refractivity contribution in [3.8, 4) is 0 Å². The van der Waals surface area contributed by atoms with E-state index in [1.807, 2.05) is 0 Å². The number of rotatable bonds is 1. The topological polar surface area (TPSA) is 26.0 Å². The smallest absolute Gasteiger partial charge is 0.0188 e. The van der Waals surface area contributed by atoms with Crippen LogP contribution < -0.4 is 5.73 Å². The third-order valence-electron chi connectivity index (χ3n) is 3.63. The molecule has 2 aliphatic rings. The fourth-order valence-electron chi connectivity index (χ4n) is 3.07. The second-order valence-corrected chi connectivity index (χ2v) is 4.73. The van der Waals surface area contributed by atoms with Gasteiger partial charge in [0.2, 0.25) is 0 Å². The summed E-state index contributed by atoms with van der Waals surface area (Å²) in [7, 11) is 0. The second kappa shape index (κ2) is 2.48. The van der Waals surface area contributed by atoms with Gasteiger partial charge in [0.25, 0.3) is 0 Å². The highest BCUT2D eigenvalue weighted by molar-refractivity contribution is 5.02. The predicted molar refractivity (Wildman–Crippen MR) is 47.3 cm³/mol. The molecule has 0 amide bonds. The Kier molecular flexibility index (Phi) is 1.71.